The lowest BCUT2D eigenvalue weighted by Gasteiger charge is -2.51. The summed E-state index contributed by atoms with van der Waals surface area (Å²) >= 11 is 0. The van der Waals surface area contributed by atoms with Crippen molar-refractivity contribution in [3.63, 3.8) is 0 Å². The van der Waals surface area contributed by atoms with E-state index in [4.69, 9.17) is 44.5 Å². The van der Waals surface area contributed by atoms with Gasteiger partial charge in [-0.2, -0.15) is 8.42 Å². The van der Waals surface area contributed by atoms with Gasteiger partial charge in [-0.05, 0) is 14.0 Å². The molecule has 3 saturated heterocycles. The van der Waals surface area contributed by atoms with E-state index in [2.05, 4.69) is 15.3 Å². The second-order valence-corrected chi connectivity index (χ2v) is 11.6. The first-order valence-corrected chi connectivity index (χ1v) is 14.3. The van der Waals surface area contributed by atoms with Crippen LogP contribution in [0.1, 0.15) is 6.92 Å². The molecule has 22 nitrogen and oxygen atoms in total. The highest BCUT2D eigenvalue weighted by atomic mass is 32.3. The average molecular weight is 661 g/mol. The number of nitrogens with zero attached hydrogens (tertiary/aromatic N) is 2. The predicted molar refractivity (Wildman–Crippen MR) is 139 cm³/mol. The number of nitrogens with two attached hydrogens (primary N) is 3. The maximum atomic E-state index is 12.8. The highest BCUT2D eigenvalue weighted by Gasteiger charge is 2.80. The summed E-state index contributed by atoms with van der Waals surface area (Å²) in [4.78, 5) is 19.5. The molecule has 15 atom stereocenters. The van der Waals surface area contributed by atoms with Crippen LogP contribution in [-0.2, 0) is 42.5 Å². The van der Waals surface area contributed by atoms with Crippen molar-refractivity contribution in [2.75, 3.05) is 13.7 Å². The monoisotopic (exact) mass is 660 g/mol. The Balaban J connectivity index is 1.84. The van der Waals surface area contributed by atoms with E-state index in [1.54, 1.807) is 0 Å². The van der Waals surface area contributed by atoms with E-state index in [9.17, 15) is 49.0 Å². The van der Waals surface area contributed by atoms with Gasteiger partial charge in [0.05, 0.1) is 25.1 Å². The van der Waals surface area contributed by atoms with Crippen LogP contribution in [0, 0.1) is 0 Å². The Labute approximate surface area is 249 Å². The van der Waals surface area contributed by atoms with E-state index in [0.29, 0.717) is 6.34 Å². The van der Waals surface area contributed by atoms with Gasteiger partial charge in [-0.3, -0.25) is 9.79 Å². The Hall–Kier alpha value is -2.20. The number of likely N-dealkylation sites (N-methyl/N-ethyl adjacent to an activating group) is 1. The van der Waals surface area contributed by atoms with Gasteiger partial charge in [-0.1, -0.05) is 0 Å². The third-order valence-corrected chi connectivity index (χ3v) is 8.87. The lowest BCUT2D eigenvalue weighted by Crippen LogP contribution is -2.77. The summed E-state index contributed by atoms with van der Waals surface area (Å²) in [7, 11) is -3.96. The summed E-state index contributed by atoms with van der Waals surface area (Å²) in [6.07, 6.45) is -18.6. The van der Waals surface area contributed by atoms with Crippen molar-refractivity contribution in [3.8, 4) is 0 Å². The SMILES string of the molecule is CN[C@@H]1[C@H](O[C@H]2[C@H](O[C@]34OS(=O)(=O)O[C@@]3(N=C(N)N)[C@H](O)[C@H](N=CN)[C@H](O)[C@H]4O)O[C@@H](C)[C@]2(O)C=O)O[C@@H](CO)[C@H](O)[C@H]1O. The first-order chi connectivity index (χ1) is 20.5. The van der Waals surface area contributed by atoms with Gasteiger partial charge in [-0.25, -0.2) is 13.4 Å². The molecule has 0 spiro atoms. The molecule has 23 heteroatoms. The molecule has 0 unspecified atom stereocenters. The quantitative estimate of drug-likeness (QED) is 0.0621. The molecule has 0 amide bonds. The third-order valence-electron chi connectivity index (χ3n) is 7.96. The number of hydrogen-bond donors (Lipinski definition) is 11. The molecular formula is C21H36N6O16S. The van der Waals surface area contributed by atoms with Crippen molar-refractivity contribution in [1.82, 2.24) is 5.32 Å². The van der Waals surface area contributed by atoms with E-state index in [-0.39, 0.29) is 6.29 Å². The molecule has 4 fully saturated rings. The number of aliphatic imine (C=N–C) groups is 2. The standard InChI is InChI=1S/C21H36N6O16S/c1-6-19(35,4-29)15(40-16-9(25-2)11(31)10(30)7(3-28)39-16)17(38-6)41-21-14(34)12(32)8(26-5-22)13(33)20(21,27-18(23)24)42-44(36,37)43-21/h4-17,25,28,30-35H,3H2,1-2H3,(H2,22,26)(H4,23,24,27)/t6-,7-,8+,9-,10-,11-,12-,13+,14+,15-,16-,17-,19+,20-,21+/m0/s1. The smallest absolute Gasteiger partial charge is 0.394 e. The van der Waals surface area contributed by atoms with Crippen LogP contribution >= 0.6 is 0 Å². The summed E-state index contributed by atoms with van der Waals surface area (Å²) < 4.78 is 58.2. The largest absolute Gasteiger partial charge is 0.405 e. The zero-order valence-electron chi connectivity index (χ0n) is 23.1. The maximum absolute atomic E-state index is 12.8. The van der Waals surface area contributed by atoms with Gasteiger partial charge >= 0.3 is 10.4 Å². The average Bonchev–Trinajstić information content (AvgIpc) is 3.33. The molecule has 252 valence electrons. The number of hydrogen-bond acceptors (Lipinski definition) is 19. The zero-order valence-corrected chi connectivity index (χ0v) is 23.9. The molecule has 1 aliphatic carbocycles. The fraction of sp³-hybridized carbons (Fsp3) is 0.857. The van der Waals surface area contributed by atoms with Crippen molar-refractivity contribution in [2.45, 2.75) is 97.5 Å². The van der Waals surface area contributed by atoms with Gasteiger partial charge in [0.1, 0.15) is 48.8 Å². The molecule has 14 N–H and O–H groups in total. The van der Waals surface area contributed by atoms with Gasteiger partial charge in [0.15, 0.2) is 30.4 Å². The first-order valence-electron chi connectivity index (χ1n) is 13.0. The molecule has 0 bridgehead atoms. The Bertz CT molecular complexity index is 1240. The summed E-state index contributed by atoms with van der Waals surface area (Å²) in [6, 6.07) is -3.12. The van der Waals surface area contributed by atoms with Crippen LogP contribution in [0.3, 0.4) is 0 Å². The Morgan fingerprint density at radius 3 is 2.25 bits per heavy atom. The minimum atomic E-state index is -5.30. The molecule has 0 aromatic rings. The predicted octanol–water partition coefficient (Wildman–Crippen LogP) is -8.50. The number of guanidine groups is 1. The van der Waals surface area contributed by atoms with Crippen molar-refractivity contribution in [3.05, 3.63) is 0 Å². The molecular weight excluding hydrogens is 624 g/mol. The number of aliphatic hydroxyl groups is 7. The second-order valence-electron chi connectivity index (χ2n) is 10.5. The molecule has 0 radical (unpaired) electrons. The fourth-order valence-corrected chi connectivity index (χ4v) is 6.82. The van der Waals surface area contributed by atoms with Gasteiger partial charge in [0.25, 0.3) is 11.5 Å². The molecule has 4 rings (SSSR count). The third kappa shape index (κ3) is 5.25. The van der Waals surface area contributed by atoms with E-state index >= 15 is 0 Å². The molecule has 3 aliphatic heterocycles. The van der Waals surface area contributed by atoms with Crippen molar-refractivity contribution in [1.29, 1.82) is 0 Å². The molecule has 4 aliphatic rings. The Kier molecular flexibility index (Phi) is 9.61. The van der Waals surface area contributed by atoms with Crippen molar-refractivity contribution >= 4 is 29.0 Å². The summed E-state index contributed by atoms with van der Waals surface area (Å²) in [5, 5.41) is 77.8. The second kappa shape index (κ2) is 12.2. The summed E-state index contributed by atoms with van der Waals surface area (Å²) in [5.74, 6) is -4.28. The van der Waals surface area contributed by atoms with Gasteiger partial charge in [0.2, 0.25) is 0 Å². The van der Waals surface area contributed by atoms with E-state index in [0.717, 1.165) is 0 Å². The van der Waals surface area contributed by atoms with Crippen LogP contribution in [0.25, 0.3) is 0 Å². The number of aliphatic hydroxyl groups excluding tert-OH is 6. The summed E-state index contributed by atoms with van der Waals surface area (Å²) in [5.41, 5.74) is 10.5. The van der Waals surface area contributed by atoms with Crippen molar-refractivity contribution in [2.24, 2.45) is 27.2 Å². The van der Waals surface area contributed by atoms with Crippen LogP contribution in [0.2, 0.25) is 0 Å². The number of carbonyl (C=O) groups excluding carboxylic acids is 1. The minimum Gasteiger partial charge on any atom is -0.394 e. The lowest BCUT2D eigenvalue weighted by molar-refractivity contribution is -0.390. The van der Waals surface area contributed by atoms with E-state index in [1.807, 2.05) is 0 Å². The first kappa shape index (κ1) is 34.7. The Morgan fingerprint density at radius 1 is 1.05 bits per heavy atom. The Morgan fingerprint density at radius 2 is 1.70 bits per heavy atom. The lowest BCUT2D eigenvalue weighted by atomic mass is 9.76. The van der Waals surface area contributed by atoms with Crippen molar-refractivity contribution < 1.29 is 76.3 Å². The molecule has 44 heavy (non-hydrogen) atoms. The van der Waals surface area contributed by atoms with Gasteiger partial charge < -0.3 is 77.2 Å². The summed E-state index contributed by atoms with van der Waals surface area (Å²) in [6.45, 7) is 0.378. The van der Waals surface area contributed by atoms with Crippen LogP contribution in [0.5, 0.6) is 0 Å². The van der Waals surface area contributed by atoms with E-state index < -0.39 is 114 Å². The van der Waals surface area contributed by atoms with Gasteiger partial charge in [-0.15, -0.1) is 0 Å². The maximum Gasteiger partial charge on any atom is 0.405 e. The highest BCUT2D eigenvalue weighted by molar-refractivity contribution is 7.82. The number of rotatable bonds is 9. The molecule has 1 saturated carbocycles. The number of aldehydes is 1. The topological polar surface area (TPSA) is 363 Å². The molecule has 0 aromatic carbocycles. The number of carbonyl (C=O) groups is 1. The normalized spacial score (nSPS) is 50.4. The fourth-order valence-electron chi connectivity index (χ4n) is 5.66. The minimum absolute atomic E-state index is 0.00558. The molecule has 3 heterocycles. The zero-order chi connectivity index (χ0) is 33.0. The van der Waals surface area contributed by atoms with E-state index in [1.165, 1.54) is 14.0 Å². The number of nitrogens with one attached hydrogen (secondary N) is 1. The van der Waals surface area contributed by atoms with Crippen LogP contribution in [-0.4, -0.2) is 167 Å². The van der Waals surface area contributed by atoms with Gasteiger partial charge in [0, 0.05) is 0 Å². The van der Waals surface area contributed by atoms with Crippen LogP contribution in [0.4, 0.5) is 0 Å². The number of fused-ring (bicyclic) bond motifs is 1. The van der Waals surface area contributed by atoms with Crippen LogP contribution in [0.15, 0.2) is 9.98 Å². The molecule has 0 aromatic heterocycles. The highest BCUT2D eigenvalue weighted by Crippen LogP contribution is 2.54. The number of ether oxygens (including phenoxy) is 4. The van der Waals surface area contributed by atoms with Crippen LogP contribution < -0.4 is 22.5 Å².